The van der Waals surface area contributed by atoms with Gasteiger partial charge in [-0.3, -0.25) is 4.21 Å². The second kappa shape index (κ2) is 7.44. The molecule has 0 amide bonds. The molecule has 0 bridgehead atoms. The van der Waals surface area contributed by atoms with Gasteiger partial charge >= 0.3 is 0 Å². The van der Waals surface area contributed by atoms with Crippen LogP contribution >= 0.6 is 0 Å². The molecule has 2 nitrogen and oxygen atoms in total. The second-order valence-electron chi connectivity index (χ2n) is 5.39. The molecule has 3 heteroatoms. The molecule has 1 aliphatic rings. The van der Waals surface area contributed by atoms with E-state index in [2.05, 4.69) is 18.9 Å². The highest BCUT2D eigenvalue weighted by molar-refractivity contribution is 7.84. The molecule has 0 N–H and O–H groups in total. The van der Waals surface area contributed by atoms with E-state index in [9.17, 15) is 4.21 Å². The van der Waals surface area contributed by atoms with Crippen LogP contribution in [0.5, 0.6) is 0 Å². The smallest absolute Gasteiger partial charge is 0.0385 e. The zero-order valence-electron chi connectivity index (χ0n) is 11.1. The lowest BCUT2D eigenvalue weighted by Crippen LogP contribution is -2.36. The van der Waals surface area contributed by atoms with Crippen LogP contribution in [0.3, 0.4) is 0 Å². The molecule has 1 fully saturated rings. The van der Waals surface area contributed by atoms with E-state index in [1.165, 1.54) is 45.1 Å². The molecule has 2 atom stereocenters. The molecule has 1 saturated carbocycles. The van der Waals surface area contributed by atoms with Crippen LogP contribution in [0.1, 0.15) is 45.4 Å². The van der Waals surface area contributed by atoms with Crippen LogP contribution in [0, 0.1) is 5.92 Å². The summed E-state index contributed by atoms with van der Waals surface area (Å²) in [6.45, 7) is 3.39. The third-order valence-corrected chi connectivity index (χ3v) is 4.70. The maximum absolute atomic E-state index is 11.2. The maximum Gasteiger partial charge on any atom is 0.0385 e. The van der Waals surface area contributed by atoms with Crippen LogP contribution in [0.15, 0.2) is 0 Å². The lowest BCUT2D eigenvalue weighted by atomic mass is 9.99. The van der Waals surface area contributed by atoms with Crippen molar-refractivity contribution in [1.82, 2.24) is 4.90 Å². The highest BCUT2D eigenvalue weighted by Crippen LogP contribution is 2.23. The fourth-order valence-electron chi connectivity index (χ4n) is 2.60. The van der Waals surface area contributed by atoms with Crippen molar-refractivity contribution in [2.24, 2.45) is 5.92 Å². The Balaban J connectivity index is 2.30. The van der Waals surface area contributed by atoms with E-state index in [0.717, 1.165) is 11.7 Å². The van der Waals surface area contributed by atoms with Crippen molar-refractivity contribution in [2.45, 2.75) is 51.5 Å². The summed E-state index contributed by atoms with van der Waals surface area (Å²) in [4.78, 5) is 2.40. The normalized spacial score (nSPS) is 23.0. The van der Waals surface area contributed by atoms with Gasteiger partial charge in [-0.2, -0.15) is 0 Å². The molecule has 0 spiro atoms. The SMILES string of the molecule is C[C@H](C[S@@](C)=O)N(C)CC1CCCCCC1. The van der Waals surface area contributed by atoms with Crippen LogP contribution in [-0.4, -0.2) is 40.8 Å². The Kier molecular flexibility index (Phi) is 6.59. The molecular formula is C13H27NOS. The predicted molar refractivity (Wildman–Crippen MR) is 72.2 cm³/mol. The molecular weight excluding hydrogens is 218 g/mol. The van der Waals surface area contributed by atoms with Gasteiger partial charge in [-0.1, -0.05) is 25.7 Å². The van der Waals surface area contributed by atoms with Gasteiger partial charge in [0.25, 0.3) is 0 Å². The maximum atomic E-state index is 11.2. The van der Waals surface area contributed by atoms with Gasteiger partial charge in [-0.05, 0) is 32.7 Å². The van der Waals surface area contributed by atoms with Crippen LogP contribution < -0.4 is 0 Å². The summed E-state index contributed by atoms with van der Waals surface area (Å²) in [6.07, 6.45) is 10.3. The summed E-state index contributed by atoms with van der Waals surface area (Å²) in [5.41, 5.74) is 0. The monoisotopic (exact) mass is 245 g/mol. The van der Waals surface area contributed by atoms with Crippen molar-refractivity contribution in [1.29, 1.82) is 0 Å². The number of rotatable bonds is 5. The Hall–Kier alpha value is 0.110. The zero-order valence-corrected chi connectivity index (χ0v) is 11.9. The first-order valence-corrected chi connectivity index (χ1v) is 8.32. The Bertz CT molecular complexity index is 212. The van der Waals surface area contributed by atoms with Gasteiger partial charge in [0.15, 0.2) is 0 Å². The molecule has 0 saturated heterocycles. The molecule has 96 valence electrons. The lowest BCUT2D eigenvalue weighted by molar-refractivity contribution is 0.220. The Morgan fingerprint density at radius 2 is 1.81 bits per heavy atom. The fraction of sp³-hybridized carbons (Fsp3) is 1.00. The Morgan fingerprint density at radius 3 is 2.31 bits per heavy atom. The van der Waals surface area contributed by atoms with Crippen molar-refractivity contribution in [3.63, 3.8) is 0 Å². The predicted octanol–water partition coefficient (Wildman–Crippen LogP) is 2.66. The third kappa shape index (κ3) is 5.44. The molecule has 1 rings (SSSR count). The molecule has 0 aliphatic heterocycles. The van der Waals surface area contributed by atoms with Crippen molar-refractivity contribution in [2.75, 3.05) is 25.6 Å². The molecule has 0 radical (unpaired) electrons. The average Bonchev–Trinajstić information content (AvgIpc) is 2.45. The summed E-state index contributed by atoms with van der Waals surface area (Å²) in [5, 5.41) is 0. The molecule has 0 heterocycles. The van der Waals surface area contributed by atoms with Crippen LogP contribution in [0.25, 0.3) is 0 Å². The van der Waals surface area contributed by atoms with Gasteiger partial charge < -0.3 is 4.90 Å². The summed E-state index contributed by atoms with van der Waals surface area (Å²) in [5.74, 6) is 1.68. The van der Waals surface area contributed by atoms with Crippen LogP contribution in [-0.2, 0) is 10.8 Å². The van der Waals surface area contributed by atoms with E-state index in [1.54, 1.807) is 6.26 Å². The first kappa shape index (κ1) is 14.2. The first-order valence-electron chi connectivity index (χ1n) is 6.60. The topological polar surface area (TPSA) is 20.3 Å². The molecule has 0 aromatic heterocycles. The number of hydrogen-bond donors (Lipinski definition) is 0. The minimum Gasteiger partial charge on any atom is -0.303 e. The largest absolute Gasteiger partial charge is 0.303 e. The molecule has 0 aromatic rings. The zero-order chi connectivity index (χ0) is 12.0. The van der Waals surface area contributed by atoms with Gasteiger partial charge in [-0.25, -0.2) is 0 Å². The van der Waals surface area contributed by atoms with Gasteiger partial charge in [0.2, 0.25) is 0 Å². The van der Waals surface area contributed by atoms with Crippen molar-refractivity contribution < 1.29 is 4.21 Å². The summed E-state index contributed by atoms with van der Waals surface area (Å²) < 4.78 is 11.2. The lowest BCUT2D eigenvalue weighted by Gasteiger charge is -2.28. The number of nitrogens with zero attached hydrogens (tertiary/aromatic N) is 1. The van der Waals surface area contributed by atoms with Gasteiger partial charge in [0, 0.05) is 35.4 Å². The second-order valence-corrected chi connectivity index (χ2v) is 6.87. The Morgan fingerprint density at radius 1 is 1.25 bits per heavy atom. The third-order valence-electron chi connectivity index (χ3n) is 3.75. The van der Waals surface area contributed by atoms with E-state index >= 15 is 0 Å². The van der Waals surface area contributed by atoms with Crippen molar-refractivity contribution >= 4 is 10.8 Å². The van der Waals surface area contributed by atoms with Crippen molar-refractivity contribution in [3.05, 3.63) is 0 Å². The average molecular weight is 245 g/mol. The summed E-state index contributed by atoms with van der Waals surface area (Å²) in [6, 6.07) is 0.453. The summed E-state index contributed by atoms with van der Waals surface area (Å²) in [7, 11) is 1.52. The van der Waals surface area contributed by atoms with E-state index in [1.807, 2.05) is 0 Å². The van der Waals surface area contributed by atoms with Crippen LogP contribution in [0.4, 0.5) is 0 Å². The molecule has 0 unspecified atom stereocenters. The first-order chi connectivity index (χ1) is 7.59. The van der Waals surface area contributed by atoms with Gasteiger partial charge in [0.1, 0.15) is 0 Å². The highest BCUT2D eigenvalue weighted by Gasteiger charge is 2.17. The molecule has 1 aliphatic carbocycles. The molecule has 16 heavy (non-hydrogen) atoms. The van der Waals surface area contributed by atoms with Crippen LogP contribution in [0.2, 0.25) is 0 Å². The van der Waals surface area contributed by atoms with E-state index < -0.39 is 10.8 Å². The minimum atomic E-state index is -0.668. The van der Waals surface area contributed by atoms with Gasteiger partial charge in [0.05, 0.1) is 0 Å². The number of hydrogen-bond acceptors (Lipinski definition) is 2. The quantitative estimate of drug-likeness (QED) is 0.694. The highest BCUT2D eigenvalue weighted by atomic mass is 32.2. The minimum absolute atomic E-state index is 0.453. The summed E-state index contributed by atoms with van der Waals surface area (Å²) >= 11 is 0. The van der Waals surface area contributed by atoms with Gasteiger partial charge in [-0.15, -0.1) is 0 Å². The van der Waals surface area contributed by atoms with E-state index in [-0.39, 0.29) is 0 Å². The molecule has 0 aromatic carbocycles. The standard InChI is InChI=1S/C13H27NOS/c1-12(11-16(3)15)14(2)10-13-8-6-4-5-7-9-13/h12-13H,4-11H2,1-3H3/t12-,16-/m1/s1. The van der Waals surface area contributed by atoms with E-state index in [4.69, 9.17) is 0 Å². The fourth-order valence-corrected chi connectivity index (χ4v) is 3.53. The van der Waals surface area contributed by atoms with E-state index in [0.29, 0.717) is 6.04 Å². The van der Waals surface area contributed by atoms with Crippen molar-refractivity contribution in [3.8, 4) is 0 Å². The Labute approximate surface area is 103 Å².